The first-order chi connectivity index (χ1) is 21.8. The van der Waals surface area contributed by atoms with Gasteiger partial charge in [0.2, 0.25) is 11.5 Å². The lowest BCUT2D eigenvalue weighted by molar-refractivity contribution is -0.433. The fraction of sp³-hybridized carbons (Fsp3) is 0.306. The second-order valence-electron chi connectivity index (χ2n) is 12.7. The highest BCUT2D eigenvalue weighted by molar-refractivity contribution is 7.85. The molecule has 0 unspecified atom stereocenters. The van der Waals surface area contributed by atoms with Crippen LogP contribution < -0.4 is 4.90 Å². The van der Waals surface area contributed by atoms with Crippen LogP contribution in [0.1, 0.15) is 58.5 Å². The predicted molar refractivity (Wildman–Crippen MR) is 179 cm³/mol. The van der Waals surface area contributed by atoms with E-state index >= 15 is 0 Å². The molecule has 0 aliphatic carbocycles. The Morgan fingerprint density at radius 2 is 1.48 bits per heavy atom. The van der Waals surface area contributed by atoms with Gasteiger partial charge in [-0.05, 0) is 87.7 Å². The van der Waals surface area contributed by atoms with Gasteiger partial charge in [-0.15, -0.1) is 20.4 Å². The molecular weight excluding hydrogens is 597 g/mol. The molecule has 46 heavy (non-hydrogen) atoms. The van der Waals surface area contributed by atoms with Gasteiger partial charge in [-0.3, -0.25) is 0 Å². The van der Waals surface area contributed by atoms with Crippen molar-refractivity contribution in [2.45, 2.75) is 64.2 Å². The molecule has 0 fully saturated rings. The normalized spacial score (nSPS) is 17.7. The zero-order valence-corrected chi connectivity index (χ0v) is 28.1. The number of aromatic nitrogens is 4. The first kappa shape index (κ1) is 31.4. The Morgan fingerprint density at radius 3 is 2.11 bits per heavy atom. The van der Waals surface area contributed by atoms with Crippen molar-refractivity contribution in [3.63, 3.8) is 0 Å². The summed E-state index contributed by atoms with van der Waals surface area (Å²) in [4.78, 5) is 1.99. The molecule has 2 aliphatic heterocycles. The van der Waals surface area contributed by atoms with Gasteiger partial charge < -0.3 is 9.45 Å². The van der Waals surface area contributed by atoms with Crippen LogP contribution in [0.2, 0.25) is 0 Å². The monoisotopic (exact) mass is 634 g/mol. The van der Waals surface area contributed by atoms with E-state index < -0.39 is 15.5 Å². The van der Waals surface area contributed by atoms with E-state index in [1.54, 1.807) is 13.0 Å². The van der Waals surface area contributed by atoms with Crippen molar-refractivity contribution in [2.75, 3.05) is 18.0 Å². The lowest BCUT2D eigenvalue weighted by Crippen LogP contribution is -2.28. The molecule has 10 heteroatoms. The molecule has 236 valence electrons. The SMILES string of the molecule is CCN1/C(=C/C=C/C2=[N+](CC)c3ccc(-c4ccc(-c5nnc(C)nn5)cc4)cc3C2(C)C)C(C)(C)c2cc(S(=O)(=O)[O-])ccc21. The molecule has 9 nitrogen and oxygen atoms in total. The van der Waals surface area contributed by atoms with Gasteiger partial charge in [-0.25, -0.2) is 8.42 Å². The van der Waals surface area contributed by atoms with Gasteiger partial charge >= 0.3 is 0 Å². The predicted octanol–water partition coefficient (Wildman–Crippen LogP) is 6.47. The number of fused-ring (bicyclic) bond motifs is 2. The molecule has 0 spiro atoms. The Labute approximate surface area is 270 Å². The molecule has 0 amide bonds. The van der Waals surface area contributed by atoms with Crippen molar-refractivity contribution in [2.24, 2.45) is 0 Å². The first-order valence-corrected chi connectivity index (χ1v) is 16.9. The molecule has 3 aromatic carbocycles. The number of hydrogen-bond donors (Lipinski definition) is 0. The van der Waals surface area contributed by atoms with Crippen LogP contribution in [0.3, 0.4) is 0 Å². The summed E-state index contributed by atoms with van der Waals surface area (Å²) in [5.74, 6) is 1.04. The number of allylic oxidation sites excluding steroid dienone is 4. The number of nitrogens with zero attached hydrogens (tertiary/aromatic N) is 6. The van der Waals surface area contributed by atoms with Crippen LogP contribution >= 0.6 is 0 Å². The fourth-order valence-electron chi connectivity index (χ4n) is 6.78. The molecular formula is C36H38N6O3S. The van der Waals surface area contributed by atoms with E-state index in [4.69, 9.17) is 0 Å². The zero-order chi connectivity index (χ0) is 33.0. The first-order valence-electron chi connectivity index (χ1n) is 15.5. The van der Waals surface area contributed by atoms with Crippen LogP contribution in [0.15, 0.2) is 89.5 Å². The highest BCUT2D eigenvalue weighted by Crippen LogP contribution is 2.48. The number of anilines is 1. The van der Waals surface area contributed by atoms with Gasteiger partial charge in [0.25, 0.3) is 0 Å². The summed E-state index contributed by atoms with van der Waals surface area (Å²) in [7, 11) is -4.55. The third-order valence-corrected chi connectivity index (χ3v) is 10.1. The third-order valence-electron chi connectivity index (χ3n) is 9.24. The van der Waals surface area contributed by atoms with Gasteiger partial charge in [-0.1, -0.05) is 44.2 Å². The molecule has 0 saturated carbocycles. The van der Waals surface area contributed by atoms with Crippen molar-refractivity contribution in [3.8, 4) is 22.5 Å². The molecule has 2 aliphatic rings. The molecule has 4 aromatic rings. The molecule has 1 aromatic heterocycles. The van der Waals surface area contributed by atoms with Crippen LogP contribution in [0.4, 0.5) is 11.4 Å². The van der Waals surface area contributed by atoms with Crippen LogP contribution in [-0.4, -0.2) is 56.7 Å². The van der Waals surface area contributed by atoms with E-state index in [0.29, 0.717) is 18.2 Å². The number of hydrogen-bond acceptors (Lipinski definition) is 8. The van der Waals surface area contributed by atoms with Gasteiger partial charge in [0.1, 0.15) is 16.7 Å². The molecule has 0 N–H and O–H groups in total. The fourth-order valence-corrected chi connectivity index (χ4v) is 7.28. The summed E-state index contributed by atoms with van der Waals surface area (Å²) in [6.07, 6.45) is 6.40. The molecule has 0 saturated heterocycles. The van der Waals surface area contributed by atoms with Crippen LogP contribution in [0.5, 0.6) is 0 Å². The maximum Gasteiger partial charge on any atom is 0.209 e. The van der Waals surface area contributed by atoms with Crippen LogP contribution in [0, 0.1) is 6.92 Å². The highest BCUT2D eigenvalue weighted by atomic mass is 32.2. The largest absolute Gasteiger partial charge is 0.744 e. The standard InChI is InChI=1S/C36H38N6O3S/c1-8-41-30-19-17-26(24-13-15-25(16-14-24)34-39-37-23(3)38-40-34)21-28(30)35(4,5)32(41)11-10-12-33-36(6,7)29-22-27(46(43,44)45)18-20-31(29)42(33)9-2/h10-22H,8-9H2,1-7H3. The van der Waals surface area contributed by atoms with E-state index in [2.05, 4.69) is 120 Å². The summed E-state index contributed by atoms with van der Waals surface area (Å²) >= 11 is 0. The van der Waals surface area contributed by atoms with Crippen molar-refractivity contribution in [1.82, 2.24) is 20.4 Å². The van der Waals surface area contributed by atoms with E-state index in [0.717, 1.165) is 40.2 Å². The van der Waals surface area contributed by atoms with E-state index in [-0.39, 0.29) is 10.3 Å². The number of likely N-dealkylation sites (N-methyl/N-ethyl adjacent to an activating group) is 1. The minimum Gasteiger partial charge on any atom is -0.744 e. The Bertz CT molecular complexity index is 2040. The van der Waals surface area contributed by atoms with Gasteiger partial charge in [-0.2, -0.15) is 4.58 Å². The third kappa shape index (κ3) is 5.25. The van der Waals surface area contributed by atoms with Crippen molar-refractivity contribution in [3.05, 3.63) is 102 Å². The smallest absolute Gasteiger partial charge is 0.209 e. The van der Waals surface area contributed by atoms with E-state index in [1.807, 2.05) is 12.1 Å². The lowest BCUT2D eigenvalue weighted by Gasteiger charge is -2.25. The average Bonchev–Trinajstić information content (AvgIpc) is 3.38. The summed E-state index contributed by atoms with van der Waals surface area (Å²) < 4.78 is 37.7. The minimum atomic E-state index is -4.55. The number of aryl methyl sites for hydroxylation is 1. The zero-order valence-electron chi connectivity index (χ0n) is 27.2. The topological polar surface area (TPSA) is 115 Å². The van der Waals surface area contributed by atoms with Crippen molar-refractivity contribution in [1.29, 1.82) is 0 Å². The Morgan fingerprint density at radius 1 is 0.826 bits per heavy atom. The highest BCUT2D eigenvalue weighted by Gasteiger charge is 2.44. The Kier molecular flexibility index (Phi) is 7.77. The van der Waals surface area contributed by atoms with Gasteiger partial charge in [0.15, 0.2) is 11.5 Å². The quantitative estimate of drug-likeness (QED) is 0.168. The Hall–Kier alpha value is -4.54. The molecule has 0 atom stereocenters. The van der Waals surface area contributed by atoms with E-state index in [9.17, 15) is 13.0 Å². The average molecular weight is 635 g/mol. The van der Waals surface area contributed by atoms with Crippen molar-refractivity contribution >= 4 is 27.2 Å². The van der Waals surface area contributed by atoms with Crippen LogP contribution in [0.25, 0.3) is 22.5 Å². The molecule has 3 heterocycles. The number of rotatable bonds is 7. The summed E-state index contributed by atoms with van der Waals surface area (Å²) in [6.45, 7) is 16.2. The summed E-state index contributed by atoms with van der Waals surface area (Å²) in [5, 5.41) is 16.3. The van der Waals surface area contributed by atoms with E-state index in [1.165, 1.54) is 29.1 Å². The van der Waals surface area contributed by atoms with Crippen LogP contribution in [-0.2, 0) is 20.9 Å². The summed E-state index contributed by atoms with van der Waals surface area (Å²) in [6, 6.07) is 19.5. The second-order valence-corrected chi connectivity index (χ2v) is 14.1. The molecule has 0 bridgehead atoms. The maximum atomic E-state index is 11.8. The van der Waals surface area contributed by atoms with Gasteiger partial charge in [0.05, 0.1) is 10.3 Å². The second kappa shape index (κ2) is 11.4. The lowest BCUT2D eigenvalue weighted by atomic mass is 9.80. The van der Waals surface area contributed by atoms with Gasteiger partial charge in [0, 0.05) is 46.6 Å². The minimum absolute atomic E-state index is 0.197. The number of benzene rings is 3. The molecule has 6 rings (SSSR count). The summed E-state index contributed by atoms with van der Waals surface area (Å²) in [5.41, 5.74) is 8.82. The maximum absolute atomic E-state index is 11.8. The van der Waals surface area contributed by atoms with Crippen molar-refractivity contribution < 1.29 is 17.5 Å². The Balaban J connectivity index is 1.31. The molecule has 0 radical (unpaired) electrons.